The normalized spacial score (nSPS) is 18.2. The van der Waals surface area contributed by atoms with Crippen molar-refractivity contribution in [3.63, 3.8) is 0 Å². The fraction of sp³-hybridized carbons (Fsp3) is 0.571. The standard InChI is InChI=1S/C14H23N3O4S2/c1-2-22(18,19)17-11-9-16(10-12-17)8-7-13-3-5-14(6-4-13)23(15,20)21/h3-6H,2,7-12H2,1H3,(H2,15,20,21). The fourth-order valence-corrected chi connectivity index (χ4v) is 4.15. The molecule has 0 spiro atoms. The lowest BCUT2D eigenvalue weighted by Crippen LogP contribution is -2.49. The molecule has 130 valence electrons. The van der Waals surface area contributed by atoms with Gasteiger partial charge in [0.2, 0.25) is 20.0 Å². The molecule has 1 aromatic rings. The molecule has 0 radical (unpaired) electrons. The van der Waals surface area contributed by atoms with Crippen LogP contribution in [0, 0.1) is 0 Å². The van der Waals surface area contributed by atoms with Crippen molar-refractivity contribution >= 4 is 20.0 Å². The highest BCUT2D eigenvalue weighted by Gasteiger charge is 2.25. The van der Waals surface area contributed by atoms with Crippen LogP contribution in [0.15, 0.2) is 29.2 Å². The molecular weight excluding hydrogens is 338 g/mol. The first-order valence-electron chi connectivity index (χ1n) is 7.54. The van der Waals surface area contributed by atoms with E-state index in [0.717, 1.165) is 18.5 Å². The van der Waals surface area contributed by atoms with Gasteiger partial charge in [-0.3, -0.25) is 0 Å². The molecule has 2 rings (SSSR count). The van der Waals surface area contributed by atoms with Gasteiger partial charge in [0, 0.05) is 32.7 Å². The summed E-state index contributed by atoms with van der Waals surface area (Å²) >= 11 is 0. The zero-order valence-electron chi connectivity index (χ0n) is 13.2. The molecule has 1 aliphatic heterocycles. The van der Waals surface area contributed by atoms with Crippen LogP contribution in [0.2, 0.25) is 0 Å². The average Bonchev–Trinajstić information content (AvgIpc) is 2.53. The lowest BCUT2D eigenvalue weighted by molar-refractivity contribution is 0.190. The maximum absolute atomic E-state index is 11.8. The summed E-state index contributed by atoms with van der Waals surface area (Å²) < 4.78 is 47.6. The highest BCUT2D eigenvalue weighted by molar-refractivity contribution is 7.89. The van der Waals surface area contributed by atoms with Crippen molar-refractivity contribution in [2.45, 2.75) is 18.2 Å². The first kappa shape index (κ1) is 18.3. The Hall–Kier alpha value is -1.00. The maximum atomic E-state index is 11.8. The quantitative estimate of drug-likeness (QED) is 0.759. The number of benzene rings is 1. The zero-order chi connectivity index (χ0) is 17.1. The van der Waals surface area contributed by atoms with Gasteiger partial charge >= 0.3 is 0 Å². The maximum Gasteiger partial charge on any atom is 0.238 e. The molecule has 1 aromatic carbocycles. The molecule has 0 bridgehead atoms. The van der Waals surface area contributed by atoms with Crippen molar-refractivity contribution in [2.75, 3.05) is 38.5 Å². The lowest BCUT2D eigenvalue weighted by Gasteiger charge is -2.33. The summed E-state index contributed by atoms with van der Waals surface area (Å²) in [5.41, 5.74) is 1.03. The molecule has 0 saturated carbocycles. The Morgan fingerprint density at radius 2 is 1.57 bits per heavy atom. The van der Waals surface area contributed by atoms with Crippen LogP contribution in [-0.4, -0.2) is 64.5 Å². The van der Waals surface area contributed by atoms with Crippen LogP contribution < -0.4 is 5.14 Å². The van der Waals surface area contributed by atoms with Crippen LogP contribution in [0.3, 0.4) is 0 Å². The number of nitrogens with two attached hydrogens (primary N) is 1. The van der Waals surface area contributed by atoms with E-state index in [2.05, 4.69) is 4.90 Å². The van der Waals surface area contributed by atoms with Gasteiger partial charge in [0.1, 0.15) is 0 Å². The SMILES string of the molecule is CCS(=O)(=O)N1CCN(CCc2ccc(S(N)(=O)=O)cc2)CC1. The number of nitrogens with zero attached hydrogens (tertiary/aromatic N) is 2. The summed E-state index contributed by atoms with van der Waals surface area (Å²) in [4.78, 5) is 2.33. The van der Waals surface area contributed by atoms with E-state index in [1.54, 1.807) is 23.4 Å². The summed E-state index contributed by atoms with van der Waals surface area (Å²) in [7, 11) is -6.74. The number of hydrogen-bond donors (Lipinski definition) is 1. The van der Waals surface area contributed by atoms with Crippen molar-refractivity contribution in [2.24, 2.45) is 5.14 Å². The first-order valence-corrected chi connectivity index (χ1v) is 10.7. The molecule has 0 amide bonds. The third-order valence-corrected chi connectivity index (χ3v) is 6.87. The van der Waals surface area contributed by atoms with Crippen molar-refractivity contribution in [3.05, 3.63) is 29.8 Å². The second kappa shape index (κ2) is 7.27. The van der Waals surface area contributed by atoms with Crippen LogP contribution in [-0.2, 0) is 26.5 Å². The molecule has 2 N–H and O–H groups in total. The minimum absolute atomic E-state index is 0.111. The fourth-order valence-electron chi connectivity index (χ4n) is 2.55. The monoisotopic (exact) mass is 361 g/mol. The van der Waals surface area contributed by atoms with Crippen molar-refractivity contribution in [1.29, 1.82) is 0 Å². The Labute approximate surface area is 138 Å². The molecule has 1 fully saturated rings. The summed E-state index contributed by atoms with van der Waals surface area (Å²) in [6, 6.07) is 6.54. The van der Waals surface area contributed by atoms with Crippen LogP contribution in [0.4, 0.5) is 0 Å². The van der Waals surface area contributed by atoms with Crippen LogP contribution in [0.1, 0.15) is 12.5 Å². The third kappa shape index (κ3) is 4.98. The molecule has 0 unspecified atom stereocenters. The van der Waals surface area contributed by atoms with Gasteiger partial charge in [-0.15, -0.1) is 0 Å². The van der Waals surface area contributed by atoms with Crippen LogP contribution >= 0.6 is 0 Å². The van der Waals surface area contributed by atoms with E-state index in [1.807, 2.05) is 0 Å². The van der Waals surface area contributed by atoms with Crippen molar-refractivity contribution < 1.29 is 16.8 Å². The summed E-state index contributed by atoms with van der Waals surface area (Å²) in [6.45, 7) is 4.96. The van der Waals surface area contributed by atoms with E-state index >= 15 is 0 Å². The molecule has 9 heteroatoms. The molecule has 23 heavy (non-hydrogen) atoms. The summed E-state index contributed by atoms with van der Waals surface area (Å²) in [5, 5.41) is 5.07. The largest absolute Gasteiger partial charge is 0.300 e. The zero-order valence-corrected chi connectivity index (χ0v) is 14.8. The number of piperazine rings is 1. The Bertz CT molecular complexity index is 722. The Morgan fingerprint density at radius 3 is 2.04 bits per heavy atom. The minimum Gasteiger partial charge on any atom is -0.300 e. The first-order chi connectivity index (χ1) is 10.7. The molecule has 1 saturated heterocycles. The van der Waals surface area contributed by atoms with Gasteiger partial charge in [0.25, 0.3) is 0 Å². The van der Waals surface area contributed by atoms with Crippen molar-refractivity contribution in [3.8, 4) is 0 Å². The predicted molar refractivity (Wildman–Crippen MR) is 89.0 cm³/mol. The second-order valence-corrected chi connectivity index (χ2v) is 9.40. The molecule has 0 atom stereocenters. The second-order valence-electron chi connectivity index (χ2n) is 5.58. The topological polar surface area (TPSA) is 101 Å². The highest BCUT2D eigenvalue weighted by atomic mass is 32.2. The Kier molecular flexibility index (Phi) is 5.79. The summed E-state index contributed by atoms with van der Waals surface area (Å²) in [6.07, 6.45) is 0.783. The van der Waals surface area contributed by atoms with E-state index in [9.17, 15) is 16.8 Å². The van der Waals surface area contributed by atoms with Crippen LogP contribution in [0.5, 0.6) is 0 Å². The van der Waals surface area contributed by atoms with Gasteiger partial charge < -0.3 is 4.90 Å². The van der Waals surface area contributed by atoms with E-state index in [-0.39, 0.29) is 10.6 Å². The van der Waals surface area contributed by atoms with Gasteiger partial charge in [-0.2, -0.15) is 4.31 Å². The van der Waals surface area contributed by atoms with E-state index in [4.69, 9.17) is 5.14 Å². The van der Waals surface area contributed by atoms with Gasteiger partial charge in [0.05, 0.1) is 10.6 Å². The molecule has 7 nitrogen and oxygen atoms in total. The molecular formula is C14H23N3O4S2. The number of sulfonamides is 2. The van der Waals surface area contributed by atoms with Crippen molar-refractivity contribution in [1.82, 2.24) is 9.21 Å². The minimum atomic E-state index is -3.65. The van der Waals surface area contributed by atoms with Gasteiger partial charge in [-0.1, -0.05) is 12.1 Å². The van der Waals surface area contributed by atoms with Crippen LogP contribution in [0.25, 0.3) is 0 Å². The van der Waals surface area contributed by atoms with E-state index in [0.29, 0.717) is 26.2 Å². The van der Waals surface area contributed by atoms with E-state index < -0.39 is 20.0 Å². The summed E-state index contributed by atoms with van der Waals surface area (Å²) in [5.74, 6) is 0.142. The highest BCUT2D eigenvalue weighted by Crippen LogP contribution is 2.12. The lowest BCUT2D eigenvalue weighted by atomic mass is 10.1. The van der Waals surface area contributed by atoms with Gasteiger partial charge in [-0.05, 0) is 31.0 Å². The number of hydrogen-bond acceptors (Lipinski definition) is 5. The average molecular weight is 361 g/mol. The predicted octanol–water partition coefficient (Wildman–Crippen LogP) is -0.156. The Morgan fingerprint density at radius 1 is 1.00 bits per heavy atom. The molecule has 1 heterocycles. The van der Waals surface area contributed by atoms with Gasteiger partial charge in [0.15, 0.2) is 0 Å². The van der Waals surface area contributed by atoms with E-state index in [1.165, 1.54) is 12.1 Å². The smallest absolute Gasteiger partial charge is 0.238 e. The molecule has 1 aliphatic rings. The third-order valence-electron chi connectivity index (χ3n) is 4.06. The molecule has 0 aliphatic carbocycles. The molecule has 0 aromatic heterocycles. The van der Waals surface area contributed by atoms with Gasteiger partial charge in [-0.25, -0.2) is 22.0 Å². The number of rotatable bonds is 6. The number of primary sulfonamides is 1. The Balaban J connectivity index is 1.84.